The molecule has 2 heterocycles. The molecule has 12 heteroatoms. The van der Waals surface area contributed by atoms with E-state index in [1.807, 2.05) is 65.7 Å². The molecular formula is C39H44N6O6. The standard InChI is InChI=1S/C39H44N6O6/c1-49-34-13-11-30(12-14-34)24-42-38(48)43(20-18-40)44-27-39(28-51-39)45(33(26-47)23-29-9-15-35(16-10-29)50-22-21-46)37(44)17-19-41-25-32-7-4-6-31-5-2-3-8-36(31)32/h2-16,26,33,37,41,46H,17,19-25,27-28H2,1H3,(H,42,48)/t33-,37+,39?/m0/s1. The molecule has 0 radical (unpaired) electrons. The summed E-state index contributed by atoms with van der Waals surface area (Å²) in [7, 11) is 1.60. The lowest BCUT2D eigenvalue weighted by Gasteiger charge is -2.38. The van der Waals surface area contributed by atoms with E-state index in [1.165, 1.54) is 21.3 Å². The van der Waals surface area contributed by atoms with E-state index in [-0.39, 0.29) is 26.3 Å². The maximum absolute atomic E-state index is 13.8. The van der Waals surface area contributed by atoms with Gasteiger partial charge in [0.15, 0.2) is 5.72 Å². The van der Waals surface area contributed by atoms with Crippen molar-refractivity contribution in [3.63, 3.8) is 0 Å². The van der Waals surface area contributed by atoms with Gasteiger partial charge in [0, 0.05) is 13.1 Å². The summed E-state index contributed by atoms with van der Waals surface area (Å²) in [5, 5.41) is 31.2. The van der Waals surface area contributed by atoms with E-state index in [0.29, 0.717) is 44.8 Å². The van der Waals surface area contributed by atoms with E-state index in [1.54, 1.807) is 7.11 Å². The van der Waals surface area contributed by atoms with Gasteiger partial charge in [0.25, 0.3) is 0 Å². The number of aliphatic hydroxyl groups is 1. The number of aldehydes is 1. The number of epoxide rings is 1. The zero-order valence-corrected chi connectivity index (χ0v) is 28.7. The first-order chi connectivity index (χ1) is 25.0. The molecule has 51 heavy (non-hydrogen) atoms. The number of benzene rings is 4. The molecule has 1 spiro atoms. The Kier molecular flexibility index (Phi) is 11.8. The highest BCUT2D eigenvalue weighted by Crippen LogP contribution is 2.44. The number of ether oxygens (including phenoxy) is 3. The molecule has 12 nitrogen and oxygen atoms in total. The minimum absolute atomic E-state index is 0.0803. The number of hydrogen-bond acceptors (Lipinski definition) is 10. The van der Waals surface area contributed by atoms with E-state index in [2.05, 4.69) is 51.9 Å². The molecular weight excluding hydrogens is 648 g/mol. The highest BCUT2D eigenvalue weighted by atomic mass is 16.6. The molecule has 0 aliphatic carbocycles. The van der Waals surface area contributed by atoms with Gasteiger partial charge in [0.2, 0.25) is 0 Å². The van der Waals surface area contributed by atoms with E-state index in [0.717, 1.165) is 23.2 Å². The summed E-state index contributed by atoms with van der Waals surface area (Å²) in [4.78, 5) is 28.8. The van der Waals surface area contributed by atoms with Crippen molar-refractivity contribution in [3.05, 3.63) is 108 Å². The fourth-order valence-corrected chi connectivity index (χ4v) is 6.83. The summed E-state index contributed by atoms with van der Waals surface area (Å²) in [6.45, 7) is 2.13. The minimum Gasteiger partial charge on any atom is -0.497 e. The number of methoxy groups -OCH3 is 1. The van der Waals surface area contributed by atoms with Crippen LogP contribution >= 0.6 is 0 Å². The number of aliphatic hydroxyl groups excluding tert-OH is 1. The number of nitrogens with zero attached hydrogens (tertiary/aromatic N) is 4. The van der Waals surface area contributed by atoms with Crippen LogP contribution in [0.4, 0.5) is 4.79 Å². The van der Waals surface area contributed by atoms with Crippen LogP contribution in [0.5, 0.6) is 11.5 Å². The van der Waals surface area contributed by atoms with Crippen LogP contribution in [-0.4, -0.2) is 96.8 Å². The number of carbonyl (C=O) groups is 2. The minimum atomic E-state index is -0.778. The second kappa shape index (κ2) is 16.8. The Balaban J connectivity index is 1.22. The van der Waals surface area contributed by atoms with Gasteiger partial charge in [0.05, 0.1) is 45.1 Å². The summed E-state index contributed by atoms with van der Waals surface area (Å²) >= 11 is 0. The third-order valence-electron chi connectivity index (χ3n) is 9.41. The molecule has 0 saturated carbocycles. The Bertz CT molecular complexity index is 1800. The van der Waals surface area contributed by atoms with Gasteiger partial charge in [-0.2, -0.15) is 10.3 Å². The summed E-state index contributed by atoms with van der Waals surface area (Å²) < 4.78 is 16.9. The predicted octanol–water partition coefficient (Wildman–Crippen LogP) is 3.83. The lowest BCUT2D eigenvalue weighted by atomic mass is 10.0. The fraction of sp³-hybridized carbons (Fsp3) is 0.359. The lowest BCUT2D eigenvalue weighted by molar-refractivity contribution is -0.117. The van der Waals surface area contributed by atoms with E-state index in [9.17, 15) is 14.9 Å². The number of fused-ring (bicyclic) bond motifs is 1. The Morgan fingerprint density at radius 2 is 1.78 bits per heavy atom. The molecule has 2 aliphatic rings. The van der Waals surface area contributed by atoms with Crippen molar-refractivity contribution >= 4 is 23.1 Å². The van der Waals surface area contributed by atoms with Gasteiger partial charge in [0.1, 0.15) is 30.9 Å². The fourth-order valence-electron chi connectivity index (χ4n) is 6.83. The SMILES string of the molecule is COc1ccc(CNC(=O)N(CC#N)N2CC3(CO3)N([C@H](C=O)Cc3ccc(OCCO)cc3)[C@@H]2CCNCc2cccc3ccccc23)cc1. The maximum atomic E-state index is 13.8. The van der Waals surface area contributed by atoms with Gasteiger partial charge in [-0.1, -0.05) is 66.7 Å². The Hall–Kier alpha value is -5.03. The monoisotopic (exact) mass is 692 g/mol. The number of amides is 2. The largest absolute Gasteiger partial charge is 0.497 e. The van der Waals surface area contributed by atoms with Crippen molar-refractivity contribution < 1.29 is 28.9 Å². The molecule has 2 saturated heterocycles. The molecule has 2 amide bonds. The molecule has 6 rings (SSSR count). The van der Waals surface area contributed by atoms with Crippen molar-refractivity contribution in [1.29, 1.82) is 5.26 Å². The highest BCUT2D eigenvalue weighted by molar-refractivity contribution is 5.85. The van der Waals surface area contributed by atoms with Gasteiger partial charge >= 0.3 is 6.03 Å². The van der Waals surface area contributed by atoms with Crippen molar-refractivity contribution in [2.45, 2.75) is 43.9 Å². The molecule has 0 aromatic heterocycles. The molecule has 266 valence electrons. The third-order valence-corrected chi connectivity index (χ3v) is 9.41. The summed E-state index contributed by atoms with van der Waals surface area (Å²) in [5.41, 5.74) is 2.21. The number of rotatable bonds is 17. The van der Waals surface area contributed by atoms with Gasteiger partial charge in [-0.05, 0) is 71.1 Å². The number of carbonyl (C=O) groups excluding carboxylic acids is 2. The number of urea groups is 1. The average molecular weight is 693 g/mol. The van der Waals surface area contributed by atoms with Crippen LogP contribution in [0.2, 0.25) is 0 Å². The Morgan fingerprint density at radius 1 is 1.06 bits per heavy atom. The van der Waals surface area contributed by atoms with Crippen LogP contribution in [0.1, 0.15) is 23.1 Å². The van der Waals surface area contributed by atoms with E-state index in [4.69, 9.17) is 19.3 Å². The molecule has 1 unspecified atom stereocenters. The average Bonchev–Trinajstić information content (AvgIpc) is 3.88. The number of hydrogen-bond donors (Lipinski definition) is 3. The van der Waals surface area contributed by atoms with Crippen LogP contribution in [0, 0.1) is 11.3 Å². The molecule has 2 aliphatic heterocycles. The first-order valence-corrected chi connectivity index (χ1v) is 17.2. The quantitative estimate of drug-likeness (QED) is 0.0647. The van der Waals surface area contributed by atoms with Crippen molar-refractivity contribution in [2.75, 3.05) is 46.6 Å². The second-order valence-electron chi connectivity index (χ2n) is 12.7. The normalized spacial score (nSPS) is 19.0. The first kappa shape index (κ1) is 35.8. The predicted molar refractivity (Wildman–Crippen MR) is 191 cm³/mol. The van der Waals surface area contributed by atoms with Crippen LogP contribution in [-0.2, 0) is 29.0 Å². The smallest absolute Gasteiger partial charge is 0.333 e. The molecule has 3 N–H and O–H groups in total. The number of nitrogens with one attached hydrogen (secondary N) is 2. The third kappa shape index (κ3) is 8.48. The molecule has 2 fully saturated rings. The zero-order chi connectivity index (χ0) is 35.6. The van der Waals surface area contributed by atoms with E-state index >= 15 is 0 Å². The topological polar surface area (TPSA) is 143 Å². The second-order valence-corrected chi connectivity index (χ2v) is 12.7. The van der Waals surface area contributed by atoms with Gasteiger partial charge in [-0.3, -0.25) is 0 Å². The highest BCUT2D eigenvalue weighted by Gasteiger charge is 2.63. The molecule has 3 atom stereocenters. The molecule has 4 aromatic carbocycles. The van der Waals surface area contributed by atoms with Crippen molar-refractivity contribution in [2.24, 2.45) is 0 Å². The van der Waals surface area contributed by atoms with Crippen LogP contribution < -0.4 is 20.1 Å². The van der Waals surface area contributed by atoms with Crippen LogP contribution in [0.15, 0.2) is 91.0 Å². The van der Waals surface area contributed by atoms with Gasteiger partial charge in [-0.25, -0.2) is 14.7 Å². The summed E-state index contributed by atoms with van der Waals surface area (Å²) in [5.74, 6) is 1.35. The van der Waals surface area contributed by atoms with Crippen LogP contribution in [0.3, 0.4) is 0 Å². The maximum Gasteiger partial charge on any atom is 0.333 e. The first-order valence-electron chi connectivity index (χ1n) is 17.2. The van der Waals surface area contributed by atoms with E-state index < -0.39 is 24.0 Å². The summed E-state index contributed by atoms with van der Waals surface area (Å²) in [6, 6.07) is 30.6. The molecule has 0 bridgehead atoms. The number of nitriles is 1. The van der Waals surface area contributed by atoms with Gasteiger partial charge < -0.3 is 34.7 Å². The van der Waals surface area contributed by atoms with Gasteiger partial charge in [-0.15, -0.1) is 0 Å². The zero-order valence-electron chi connectivity index (χ0n) is 28.7. The molecule has 4 aromatic rings. The number of hydrazine groups is 1. The Labute approximate surface area is 298 Å². The lowest BCUT2D eigenvalue weighted by Crippen LogP contribution is -2.57. The van der Waals surface area contributed by atoms with Crippen molar-refractivity contribution in [3.8, 4) is 17.6 Å². The Morgan fingerprint density at radius 3 is 2.49 bits per heavy atom. The van der Waals surface area contributed by atoms with Crippen LogP contribution in [0.25, 0.3) is 10.8 Å². The van der Waals surface area contributed by atoms with Crippen molar-refractivity contribution in [1.82, 2.24) is 25.6 Å². The summed E-state index contributed by atoms with van der Waals surface area (Å²) in [6.07, 6.45) is 1.46.